The molecule has 0 aliphatic carbocycles. The number of aryl methyl sites for hydroxylation is 1. The van der Waals surface area contributed by atoms with Gasteiger partial charge < -0.3 is 19.1 Å². The zero-order valence-corrected chi connectivity index (χ0v) is 23.0. The van der Waals surface area contributed by atoms with Crippen molar-refractivity contribution in [2.45, 2.75) is 76.4 Å². The number of nitrogens with zero attached hydrogens (tertiary/aromatic N) is 1. The molecule has 2 aliphatic heterocycles. The van der Waals surface area contributed by atoms with Crippen molar-refractivity contribution in [2.75, 3.05) is 26.3 Å². The Kier molecular flexibility index (Phi) is 9.08. The summed E-state index contributed by atoms with van der Waals surface area (Å²) in [5.41, 5.74) is 1.91. The Morgan fingerprint density at radius 2 is 2.06 bits per heavy atom. The summed E-state index contributed by atoms with van der Waals surface area (Å²) in [7, 11) is -1.50. The molecule has 2 saturated heterocycles. The highest BCUT2D eigenvalue weighted by molar-refractivity contribution is 7.84. The second kappa shape index (κ2) is 11.3. The molecule has 3 atom stereocenters. The summed E-state index contributed by atoms with van der Waals surface area (Å²) in [6, 6.07) is 3.93. The Hall–Kier alpha value is -1.45. The predicted molar refractivity (Wildman–Crippen MR) is 140 cm³/mol. The maximum absolute atomic E-state index is 13.0. The number of amides is 1. The lowest BCUT2D eigenvalue weighted by Crippen LogP contribution is -2.46. The smallest absolute Gasteiger partial charge is 0.254 e. The van der Waals surface area contributed by atoms with Crippen molar-refractivity contribution < 1.29 is 23.2 Å². The van der Waals surface area contributed by atoms with Gasteiger partial charge in [-0.25, -0.2) is 4.21 Å². The second-order valence-electron chi connectivity index (χ2n) is 10.6. The van der Waals surface area contributed by atoms with Gasteiger partial charge in [-0.15, -0.1) is 0 Å². The SMILES string of the molecule is C=CCOc1cc(C)c(Cl)cc1[C@H](CC(C)(C)S(N)=O)C1CCN(C(=O)[C@H]2COC(C)(C)O2)CC1. The third-order valence-electron chi connectivity index (χ3n) is 7.01. The molecule has 9 heteroatoms. The van der Waals surface area contributed by atoms with Crippen molar-refractivity contribution in [1.29, 1.82) is 0 Å². The third-order valence-corrected chi connectivity index (χ3v) is 8.67. The van der Waals surface area contributed by atoms with Gasteiger partial charge in [-0.3, -0.25) is 9.93 Å². The predicted octanol–water partition coefficient (Wildman–Crippen LogP) is 4.48. The fourth-order valence-electron chi connectivity index (χ4n) is 4.91. The summed E-state index contributed by atoms with van der Waals surface area (Å²) >= 11 is 6.56. The number of carbonyl (C=O) groups excluding carboxylic acids is 1. The zero-order chi connectivity index (χ0) is 26.0. The first kappa shape index (κ1) is 28.1. The largest absolute Gasteiger partial charge is 0.489 e. The Balaban J connectivity index is 1.84. The Bertz CT molecular complexity index is 959. The Morgan fingerprint density at radius 1 is 1.40 bits per heavy atom. The molecule has 1 aromatic carbocycles. The van der Waals surface area contributed by atoms with Gasteiger partial charge in [0.25, 0.3) is 5.91 Å². The van der Waals surface area contributed by atoms with E-state index in [-0.39, 0.29) is 24.3 Å². The van der Waals surface area contributed by atoms with Crippen LogP contribution in [0.1, 0.15) is 64.0 Å². The standard InChI is InChI=1S/C26H39ClN2O5S/c1-7-12-32-22-13-17(2)21(27)14-19(22)20(15-25(3,4)35(28)31)18-8-10-29(11-9-18)24(30)23-16-33-26(5,6)34-23/h7,13-14,18,20,23H,1,8-12,15-16,28H2,2-6H3/t20-,23-,35?/m1/s1. The molecule has 2 N–H and O–H groups in total. The minimum absolute atomic E-state index is 0.0117. The van der Waals surface area contributed by atoms with Crippen LogP contribution in [0.15, 0.2) is 24.8 Å². The molecular weight excluding hydrogens is 488 g/mol. The normalized spacial score (nSPS) is 22.6. The molecule has 0 bridgehead atoms. The van der Waals surface area contributed by atoms with E-state index in [1.165, 1.54) is 0 Å². The molecule has 2 heterocycles. The van der Waals surface area contributed by atoms with E-state index in [0.29, 0.717) is 31.1 Å². The number of ether oxygens (including phenoxy) is 3. The molecule has 1 unspecified atom stereocenters. The summed E-state index contributed by atoms with van der Waals surface area (Å²) < 4.78 is 29.2. The first-order chi connectivity index (χ1) is 16.3. The maximum atomic E-state index is 13.0. The number of benzene rings is 1. The van der Waals surface area contributed by atoms with E-state index in [1.54, 1.807) is 6.08 Å². The first-order valence-corrected chi connectivity index (χ1v) is 13.7. The van der Waals surface area contributed by atoms with E-state index in [2.05, 4.69) is 6.58 Å². The van der Waals surface area contributed by atoms with Crippen molar-refractivity contribution in [2.24, 2.45) is 11.1 Å². The lowest BCUT2D eigenvalue weighted by Gasteiger charge is -2.39. The second-order valence-corrected chi connectivity index (χ2v) is 12.7. The van der Waals surface area contributed by atoms with Gasteiger partial charge in [-0.05, 0) is 89.0 Å². The molecular formula is C26H39ClN2O5S. The number of piperidine rings is 1. The van der Waals surface area contributed by atoms with Crippen LogP contribution in [0.25, 0.3) is 0 Å². The van der Waals surface area contributed by atoms with Crippen LogP contribution < -0.4 is 9.88 Å². The van der Waals surface area contributed by atoms with Crippen molar-refractivity contribution in [3.63, 3.8) is 0 Å². The Morgan fingerprint density at radius 3 is 2.60 bits per heavy atom. The van der Waals surface area contributed by atoms with Crippen LogP contribution in [0, 0.1) is 12.8 Å². The Labute approximate surface area is 216 Å². The molecule has 0 aromatic heterocycles. The fraction of sp³-hybridized carbons (Fsp3) is 0.654. The van der Waals surface area contributed by atoms with Crippen LogP contribution in [0.2, 0.25) is 5.02 Å². The number of likely N-dealkylation sites (tertiary alicyclic amines) is 1. The summed E-state index contributed by atoms with van der Waals surface area (Å²) in [5, 5.41) is 6.54. The van der Waals surface area contributed by atoms with Gasteiger partial charge in [0, 0.05) is 18.1 Å². The number of hydrogen-bond donors (Lipinski definition) is 1. The average Bonchev–Trinajstić information content (AvgIpc) is 3.17. The van der Waals surface area contributed by atoms with Crippen molar-refractivity contribution in [3.05, 3.63) is 40.9 Å². The lowest BCUT2D eigenvalue weighted by atomic mass is 9.75. The quantitative estimate of drug-likeness (QED) is 0.479. The van der Waals surface area contributed by atoms with Crippen LogP contribution >= 0.6 is 11.6 Å². The van der Waals surface area contributed by atoms with Gasteiger partial charge in [0.05, 0.1) is 22.3 Å². The van der Waals surface area contributed by atoms with E-state index in [1.807, 2.05) is 51.7 Å². The number of hydrogen-bond acceptors (Lipinski definition) is 5. The van der Waals surface area contributed by atoms with Crippen LogP contribution in [0.5, 0.6) is 5.75 Å². The van der Waals surface area contributed by atoms with E-state index in [4.69, 9.17) is 31.0 Å². The highest BCUT2D eigenvalue weighted by atomic mass is 35.5. The van der Waals surface area contributed by atoms with E-state index in [0.717, 1.165) is 29.7 Å². The van der Waals surface area contributed by atoms with Crippen molar-refractivity contribution in [1.82, 2.24) is 4.90 Å². The number of rotatable bonds is 9. The molecule has 0 radical (unpaired) electrons. The van der Waals surface area contributed by atoms with Crippen LogP contribution in [-0.4, -0.2) is 58.0 Å². The molecule has 7 nitrogen and oxygen atoms in total. The number of halogens is 1. The summed E-state index contributed by atoms with van der Waals surface area (Å²) in [5.74, 6) is 0.247. The van der Waals surface area contributed by atoms with Gasteiger partial charge in [0.1, 0.15) is 12.4 Å². The van der Waals surface area contributed by atoms with Crippen molar-refractivity contribution >= 4 is 28.5 Å². The molecule has 2 aliphatic rings. The monoisotopic (exact) mass is 526 g/mol. The molecule has 0 saturated carbocycles. The van der Waals surface area contributed by atoms with Crippen molar-refractivity contribution in [3.8, 4) is 5.75 Å². The topological polar surface area (TPSA) is 91.1 Å². The molecule has 2 fully saturated rings. The number of nitrogens with two attached hydrogens (primary N) is 1. The first-order valence-electron chi connectivity index (χ1n) is 12.1. The molecule has 1 aromatic rings. The third kappa shape index (κ3) is 6.86. The zero-order valence-electron chi connectivity index (χ0n) is 21.5. The minimum Gasteiger partial charge on any atom is -0.489 e. The summed E-state index contributed by atoms with van der Waals surface area (Å²) in [4.78, 5) is 14.9. The van der Waals surface area contributed by atoms with Crippen LogP contribution in [0.3, 0.4) is 0 Å². The van der Waals surface area contributed by atoms with E-state index >= 15 is 0 Å². The number of carbonyl (C=O) groups is 1. The van der Waals surface area contributed by atoms with Crippen LogP contribution in [-0.2, 0) is 25.3 Å². The molecule has 0 spiro atoms. The highest BCUT2D eigenvalue weighted by Gasteiger charge is 2.41. The highest BCUT2D eigenvalue weighted by Crippen LogP contribution is 2.44. The summed E-state index contributed by atoms with van der Waals surface area (Å²) in [6.07, 6.45) is 3.35. The van der Waals surface area contributed by atoms with E-state index < -0.39 is 27.6 Å². The summed E-state index contributed by atoms with van der Waals surface area (Å²) in [6.45, 7) is 15.1. The van der Waals surface area contributed by atoms with Gasteiger partial charge >= 0.3 is 0 Å². The van der Waals surface area contributed by atoms with E-state index in [9.17, 15) is 9.00 Å². The van der Waals surface area contributed by atoms with Gasteiger partial charge in [0.2, 0.25) is 0 Å². The lowest BCUT2D eigenvalue weighted by molar-refractivity contribution is -0.161. The fourth-order valence-corrected chi connectivity index (χ4v) is 5.43. The van der Waals surface area contributed by atoms with Gasteiger partial charge in [-0.2, -0.15) is 0 Å². The molecule has 35 heavy (non-hydrogen) atoms. The molecule has 3 rings (SSSR count). The minimum atomic E-state index is -1.50. The average molecular weight is 527 g/mol. The molecule has 196 valence electrons. The van der Waals surface area contributed by atoms with Crippen LogP contribution in [0.4, 0.5) is 0 Å². The van der Waals surface area contributed by atoms with Gasteiger partial charge in [-0.1, -0.05) is 24.3 Å². The maximum Gasteiger partial charge on any atom is 0.254 e. The molecule has 1 amide bonds. The van der Waals surface area contributed by atoms with Gasteiger partial charge in [0.15, 0.2) is 11.9 Å².